The summed E-state index contributed by atoms with van der Waals surface area (Å²) in [6.45, 7) is 4.19. The molecular formula is C11H18N4O2. The molecule has 1 unspecified atom stereocenters. The molecule has 94 valence electrons. The highest BCUT2D eigenvalue weighted by molar-refractivity contribution is 5.75. The Balaban J connectivity index is 1.63. The van der Waals surface area contributed by atoms with Crippen molar-refractivity contribution in [2.75, 3.05) is 13.1 Å². The molecule has 0 spiro atoms. The van der Waals surface area contributed by atoms with E-state index in [1.54, 1.807) is 6.92 Å². The molecule has 1 fully saturated rings. The largest absolute Gasteiger partial charge is 0.349 e. The average Bonchev–Trinajstić information content (AvgIpc) is 2.95. The normalized spacial score (nSPS) is 19.5. The molecule has 6 heteroatoms. The highest BCUT2D eigenvalue weighted by atomic mass is 16.5. The van der Waals surface area contributed by atoms with Crippen molar-refractivity contribution in [3.63, 3.8) is 0 Å². The van der Waals surface area contributed by atoms with Crippen LogP contribution < -0.4 is 10.6 Å². The lowest BCUT2D eigenvalue weighted by atomic mass is 10.0. The molecule has 2 N–H and O–H groups in total. The number of amides is 1. The monoisotopic (exact) mass is 238 g/mol. The highest BCUT2D eigenvalue weighted by Gasteiger charge is 2.15. The van der Waals surface area contributed by atoms with Crippen molar-refractivity contribution in [3.8, 4) is 0 Å². The Morgan fingerprint density at radius 1 is 1.65 bits per heavy atom. The molecular weight excluding hydrogens is 220 g/mol. The quantitative estimate of drug-likeness (QED) is 0.775. The average molecular weight is 238 g/mol. The number of aromatic nitrogens is 2. The van der Waals surface area contributed by atoms with Crippen molar-refractivity contribution >= 4 is 5.91 Å². The van der Waals surface area contributed by atoms with Gasteiger partial charge in [0.2, 0.25) is 11.8 Å². The van der Waals surface area contributed by atoms with Gasteiger partial charge in [0.15, 0.2) is 5.82 Å². The van der Waals surface area contributed by atoms with Crippen molar-refractivity contribution in [2.24, 2.45) is 5.92 Å². The summed E-state index contributed by atoms with van der Waals surface area (Å²) < 4.78 is 4.82. The van der Waals surface area contributed by atoms with Crippen LogP contribution in [0.4, 0.5) is 0 Å². The third-order valence-corrected chi connectivity index (χ3v) is 2.96. The van der Waals surface area contributed by atoms with Gasteiger partial charge in [0.25, 0.3) is 0 Å². The van der Waals surface area contributed by atoms with Gasteiger partial charge in [-0.15, -0.1) is 0 Å². The molecule has 0 aliphatic carbocycles. The molecule has 17 heavy (non-hydrogen) atoms. The smallest absolute Gasteiger partial charge is 0.223 e. The molecule has 2 rings (SSSR count). The van der Waals surface area contributed by atoms with Crippen LogP contribution in [0.2, 0.25) is 0 Å². The summed E-state index contributed by atoms with van der Waals surface area (Å²) in [5, 5.41) is 9.80. The molecule has 6 nitrogen and oxygen atoms in total. The van der Waals surface area contributed by atoms with Gasteiger partial charge in [0.1, 0.15) is 0 Å². The minimum absolute atomic E-state index is 0.0550. The zero-order valence-electron chi connectivity index (χ0n) is 10.0. The molecule has 1 atom stereocenters. The van der Waals surface area contributed by atoms with Crippen LogP contribution in [-0.4, -0.2) is 29.1 Å². The summed E-state index contributed by atoms with van der Waals surface area (Å²) in [6.07, 6.45) is 2.70. The SMILES string of the molecule is Cc1nc(CNC(=O)CCC2CCNC2)no1. The molecule has 1 amide bonds. The first kappa shape index (κ1) is 12.0. The summed E-state index contributed by atoms with van der Waals surface area (Å²) in [5.41, 5.74) is 0. The lowest BCUT2D eigenvalue weighted by molar-refractivity contribution is -0.121. The summed E-state index contributed by atoms with van der Waals surface area (Å²) in [7, 11) is 0. The van der Waals surface area contributed by atoms with Crippen molar-refractivity contribution in [2.45, 2.75) is 32.7 Å². The molecule has 2 heterocycles. The van der Waals surface area contributed by atoms with E-state index in [9.17, 15) is 4.79 Å². The molecule has 1 aliphatic rings. The summed E-state index contributed by atoms with van der Waals surface area (Å²) in [6, 6.07) is 0. The molecule has 1 aromatic heterocycles. The second-order valence-electron chi connectivity index (χ2n) is 4.40. The van der Waals surface area contributed by atoms with Gasteiger partial charge in [-0.1, -0.05) is 5.16 Å². The summed E-state index contributed by atoms with van der Waals surface area (Å²) in [5.74, 6) is 1.75. The zero-order valence-corrected chi connectivity index (χ0v) is 10.0. The van der Waals surface area contributed by atoms with Gasteiger partial charge in [0.05, 0.1) is 6.54 Å². The standard InChI is InChI=1S/C11H18N4O2/c1-8-14-10(15-17-8)7-13-11(16)3-2-9-4-5-12-6-9/h9,12H,2-7H2,1H3,(H,13,16). The number of nitrogens with zero attached hydrogens (tertiary/aromatic N) is 2. The number of hydrogen-bond donors (Lipinski definition) is 2. The second-order valence-corrected chi connectivity index (χ2v) is 4.40. The highest BCUT2D eigenvalue weighted by Crippen LogP contribution is 2.13. The van der Waals surface area contributed by atoms with E-state index in [1.807, 2.05) is 0 Å². The van der Waals surface area contributed by atoms with E-state index >= 15 is 0 Å². The van der Waals surface area contributed by atoms with Crippen LogP contribution in [0.3, 0.4) is 0 Å². The van der Waals surface area contributed by atoms with Crippen LogP contribution in [0.15, 0.2) is 4.52 Å². The van der Waals surface area contributed by atoms with E-state index in [1.165, 1.54) is 6.42 Å². The molecule has 0 bridgehead atoms. The van der Waals surface area contributed by atoms with E-state index in [0.717, 1.165) is 19.5 Å². The first-order valence-corrected chi connectivity index (χ1v) is 6.00. The Kier molecular flexibility index (Phi) is 4.08. The Labute approximate surface area is 100 Å². The minimum atomic E-state index is 0.0550. The van der Waals surface area contributed by atoms with E-state index in [2.05, 4.69) is 20.8 Å². The number of aryl methyl sites for hydroxylation is 1. The third kappa shape index (κ3) is 3.81. The third-order valence-electron chi connectivity index (χ3n) is 2.96. The maximum atomic E-state index is 11.6. The first-order valence-electron chi connectivity index (χ1n) is 6.00. The number of rotatable bonds is 5. The van der Waals surface area contributed by atoms with E-state index in [4.69, 9.17) is 4.52 Å². The second kappa shape index (κ2) is 5.77. The van der Waals surface area contributed by atoms with Gasteiger partial charge in [-0.05, 0) is 31.8 Å². The molecule has 1 aliphatic heterocycles. The summed E-state index contributed by atoms with van der Waals surface area (Å²) >= 11 is 0. The van der Waals surface area contributed by atoms with E-state index < -0.39 is 0 Å². The number of hydrogen-bond acceptors (Lipinski definition) is 5. The Morgan fingerprint density at radius 2 is 2.53 bits per heavy atom. The maximum absolute atomic E-state index is 11.6. The topological polar surface area (TPSA) is 80.0 Å². The van der Waals surface area contributed by atoms with Crippen molar-refractivity contribution in [1.82, 2.24) is 20.8 Å². The Morgan fingerprint density at radius 3 is 3.18 bits per heavy atom. The molecule has 0 aromatic carbocycles. The first-order chi connectivity index (χ1) is 8.24. The van der Waals surface area contributed by atoms with Crippen LogP contribution in [0.1, 0.15) is 31.0 Å². The van der Waals surface area contributed by atoms with Crippen molar-refractivity contribution < 1.29 is 9.32 Å². The predicted octanol–water partition coefficient (Wildman–Crippen LogP) is 0.384. The van der Waals surface area contributed by atoms with Crippen LogP contribution in [-0.2, 0) is 11.3 Å². The summed E-state index contributed by atoms with van der Waals surface area (Å²) in [4.78, 5) is 15.6. The van der Waals surface area contributed by atoms with Gasteiger partial charge >= 0.3 is 0 Å². The lowest BCUT2D eigenvalue weighted by Gasteiger charge is -2.07. The van der Waals surface area contributed by atoms with Crippen LogP contribution in [0, 0.1) is 12.8 Å². The fourth-order valence-electron chi connectivity index (χ4n) is 1.98. The van der Waals surface area contributed by atoms with Crippen molar-refractivity contribution in [3.05, 3.63) is 11.7 Å². The van der Waals surface area contributed by atoms with E-state index in [0.29, 0.717) is 30.6 Å². The fourth-order valence-corrected chi connectivity index (χ4v) is 1.98. The zero-order chi connectivity index (χ0) is 12.1. The van der Waals surface area contributed by atoms with Gasteiger partial charge in [-0.3, -0.25) is 4.79 Å². The number of carbonyl (C=O) groups excluding carboxylic acids is 1. The Hall–Kier alpha value is -1.43. The van der Waals surface area contributed by atoms with Gasteiger partial charge in [-0.2, -0.15) is 4.98 Å². The number of carbonyl (C=O) groups is 1. The van der Waals surface area contributed by atoms with Crippen molar-refractivity contribution in [1.29, 1.82) is 0 Å². The minimum Gasteiger partial charge on any atom is -0.349 e. The number of nitrogens with one attached hydrogen (secondary N) is 2. The van der Waals surface area contributed by atoms with Gasteiger partial charge in [-0.25, -0.2) is 0 Å². The predicted molar refractivity (Wildman–Crippen MR) is 61.1 cm³/mol. The molecule has 1 aromatic rings. The molecule has 0 saturated carbocycles. The van der Waals surface area contributed by atoms with Gasteiger partial charge in [0, 0.05) is 13.3 Å². The maximum Gasteiger partial charge on any atom is 0.223 e. The van der Waals surface area contributed by atoms with Gasteiger partial charge < -0.3 is 15.2 Å². The molecule has 1 saturated heterocycles. The molecule has 0 radical (unpaired) electrons. The van der Waals surface area contributed by atoms with Crippen LogP contribution >= 0.6 is 0 Å². The fraction of sp³-hybridized carbons (Fsp3) is 0.727. The lowest BCUT2D eigenvalue weighted by Crippen LogP contribution is -2.24. The van der Waals surface area contributed by atoms with E-state index in [-0.39, 0.29) is 5.91 Å². The van der Waals surface area contributed by atoms with Crippen LogP contribution in [0.25, 0.3) is 0 Å². The van der Waals surface area contributed by atoms with Crippen LogP contribution in [0.5, 0.6) is 0 Å². The Bertz CT molecular complexity index is 371.